The van der Waals surface area contributed by atoms with Crippen molar-refractivity contribution in [3.8, 4) is 0 Å². The van der Waals surface area contributed by atoms with Crippen LogP contribution < -0.4 is 11.1 Å². The maximum atomic E-state index is 11.2. The molecule has 5 nitrogen and oxygen atoms in total. The van der Waals surface area contributed by atoms with Gasteiger partial charge in [0.05, 0.1) is 5.75 Å². The van der Waals surface area contributed by atoms with E-state index in [0.29, 0.717) is 13.1 Å². The Kier molecular flexibility index (Phi) is 6.23. The fourth-order valence-electron chi connectivity index (χ4n) is 0.736. The first-order chi connectivity index (χ1) is 6.00. The molecule has 6 heteroatoms. The lowest BCUT2D eigenvalue weighted by Gasteiger charge is -2.11. The molecule has 0 bridgehead atoms. The molecule has 0 radical (unpaired) electrons. The summed E-state index contributed by atoms with van der Waals surface area (Å²) in [5.41, 5.74) is 5.28. The van der Waals surface area contributed by atoms with Crippen molar-refractivity contribution in [2.24, 2.45) is 5.73 Å². The van der Waals surface area contributed by atoms with E-state index in [4.69, 9.17) is 5.73 Å². The van der Waals surface area contributed by atoms with Crippen molar-refractivity contribution in [2.45, 2.75) is 6.42 Å². The molecule has 0 fully saturated rings. The fourth-order valence-corrected chi connectivity index (χ4v) is 1.50. The van der Waals surface area contributed by atoms with Crippen molar-refractivity contribution in [1.29, 1.82) is 0 Å². The van der Waals surface area contributed by atoms with Gasteiger partial charge in [0.15, 0.2) is 0 Å². The molecule has 80 valence electrons. The Labute approximate surface area is 80.3 Å². The molecule has 0 aliphatic rings. The normalized spacial score (nSPS) is 12.3. The SMILES string of the molecule is CN(C)S(=O)(=O)CCNCCCN. The van der Waals surface area contributed by atoms with Crippen LogP contribution >= 0.6 is 0 Å². The van der Waals surface area contributed by atoms with Crippen molar-refractivity contribution in [3.05, 3.63) is 0 Å². The van der Waals surface area contributed by atoms with Crippen LogP contribution in [0.2, 0.25) is 0 Å². The number of nitrogens with two attached hydrogens (primary N) is 1. The average molecular weight is 209 g/mol. The van der Waals surface area contributed by atoms with Gasteiger partial charge in [0.1, 0.15) is 0 Å². The second-order valence-electron chi connectivity index (χ2n) is 2.99. The molecule has 0 aliphatic carbocycles. The first-order valence-electron chi connectivity index (χ1n) is 4.31. The van der Waals surface area contributed by atoms with Gasteiger partial charge in [-0.1, -0.05) is 0 Å². The van der Waals surface area contributed by atoms with Crippen LogP contribution in [0.25, 0.3) is 0 Å². The van der Waals surface area contributed by atoms with Gasteiger partial charge in [-0.3, -0.25) is 0 Å². The summed E-state index contributed by atoms with van der Waals surface area (Å²) in [5, 5.41) is 3.01. The van der Waals surface area contributed by atoms with Crippen molar-refractivity contribution in [1.82, 2.24) is 9.62 Å². The molecule has 0 aliphatic heterocycles. The quantitative estimate of drug-likeness (QED) is 0.517. The molecule has 0 aromatic carbocycles. The van der Waals surface area contributed by atoms with Crippen molar-refractivity contribution in [2.75, 3.05) is 39.5 Å². The summed E-state index contributed by atoms with van der Waals surface area (Å²) in [6, 6.07) is 0. The molecule has 0 saturated carbocycles. The summed E-state index contributed by atoms with van der Waals surface area (Å²) < 4.78 is 23.7. The second-order valence-corrected chi connectivity index (χ2v) is 5.29. The Balaban J connectivity index is 3.53. The third kappa shape index (κ3) is 5.98. The van der Waals surface area contributed by atoms with Crippen LogP contribution in [-0.2, 0) is 10.0 Å². The van der Waals surface area contributed by atoms with E-state index in [1.165, 1.54) is 18.4 Å². The topological polar surface area (TPSA) is 75.4 Å². The largest absolute Gasteiger partial charge is 0.330 e. The monoisotopic (exact) mass is 209 g/mol. The zero-order chi connectivity index (χ0) is 10.3. The molecule has 0 amide bonds. The standard InChI is InChI=1S/C7H19N3O2S/c1-10(2)13(11,12)7-6-9-5-3-4-8/h9H,3-8H2,1-2H3. The van der Waals surface area contributed by atoms with Crippen molar-refractivity contribution >= 4 is 10.0 Å². The highest BCUT2D eigenvalue weighted by Gasteiger charge is 2.11. The Morgan fingerprint density at radius 3 is 2.38 bits per heavy atom. The second kappa shape index (κ2) is 6.31. The molecule has 0 rings (SSSR count). The van der Waals surface area contributed by atoms with E-state index in [2.05, 4.69) is 5.32 Å². The van der Waals surface area contributed by atoms with Crippen molar-refractivity contribution in [3.63, 3.8) is 0 Å². The third-order valence-corrected chi connectivity index (χ3v) is 3.48. The minimum atomic E-state index is -3.05. The highest BCUT2D eigenvalue weighted by atomic mass is 32.2. The average Bonchev–Trinajstić information content (AvgIpc) is 2.03. The van der Waals surface area contributed by atoms with Gasteiger partial charge >= 0.3 is 0 Å². The number of nitrogens with one attached hydrogen (secondary N) is 1. The number of hydrogen-bond acceptors (Lipinski definition) is 4. The minimum Gasteiger partial charge on any atom is -0.330 e. The van der Waals surface area contributed by atoms with Crippen LogP contribution in [0, 0.1) is 0 Å². The van der Waals surface area contributed by atoms with E-state index in [9.17, 15) is 8.42 Å². The smallest absolute Gasteiger partial charge is 0.214 e. The highest BCUT2D eigenvalue weighted by Crippen LogP contribution is 1.91. The Morgan fingerprint density at radius 1 is 1.31 bits per heavy atom. The number of hydrogen-bond donors (Lipinski definition) is 2. The Hall–Kier alpha value is -0.170. The van der Waals surface area contributed by atoms with Crippen LogP contribution in [-0.4, -0.2) is 52.2 Å². The van der Waals surface area contributed by atoms with Gasteiger partial charge < -0.3 is 11.1 Å². The van der Waals surface area contributed by atoms with Crippen LogP contribution in [0.3, 0.4) is 0 Å². The predicted octanol–water partition coefficient (Wildman–Crippen LogP) is -1.18. The summed E-state index contributed by atoms with van der Waals surface area (Å²) in [7, 11) is 0.0280. The molecule has 0 aromatic heterocycles. The third-order valence-electron chi connectivity index (χ3n) is 1.65. The van der Waals surface area contributed by atoms with E-state index >= 15 is 0 Å². The summed E-state index contributed by atoms with van der Waals surface area (Å²) >= 11 is 0. The Bertz CT molecular complexity index is 214. The van der Waals surface area contributed by atoms with Gasteiger partial charge in [0, 0.05) is 20.6 Å². The maximum Gasteiger partial charge on any atom is 0.214 e. The fraction of sp³-hybridized carbons (Fsp3) is 1.00. The lowest BCUT2D eigenvalue weighted by Crippen LogP contribution is -2.31. The molecular formula is C7H19N3O2S. The lowest BCUT2D eigenvalue weighted by atomic mass is 10.4. The summed E-state index contributed by atoms with van der Waals surface area (Å²) in [4.78, 5) is 0. The van der Waals surface area contributed by atoms with Gasteiger partial charge in [-0.05, 0) is 19.5 Å². The zero-order valence-corrected chi connectivity index (χ0v) is 9.10. The molecule has 0 atom stereocenters. The van der Waals surface area contributed by atoms with Gasteiger partial charge in [-0.2, -0.15) is 0 Å². The van der Waals surface area contributed by atoms with E-state index in [1.807, 2.05) is 0 Å². The molecule has 0 unspecified atom stereocenters. The number of sulfonamides is 1. The minimum absolute atomic E-state index is 0.143. The first kappa shape index (κ1) is 12.8. The maximum absolute atomic E-state index is 11.2. The molecule has 0 heterocycles. The highest BCUT2D eigenvalue weighted by molar-refractivity contribution is 7.89. The zero-order valence-electron chi connectivity index (χ0n) is 8.28. The van der Waals surface area contributed by atoms with Crippen LogP contribution in [0.4, 0.5) is 0 Å². The summed E-state index contributed by atoms with van der Waals surface area (Å²) in [5.74, 6) is 0.143. The van der Waals surface area contributed by atoms with Gasteiger partial charge in [-0.15, -0.1) is 0 Å². The molecule has 0 aromatic rings. The van der Waals surface area contributed by atoms with Crippen LogP contribution in [0.1, 0.15) is 6.42 Å². The molecule has 13 heavy (non-hydrogen) atoms. The van der Waals surface area contributed by atoms with Crippen molar-refractivity contribution < 1.29 is 8.42 Å². The van der Waals surface area contributed by atoms with Gasteiger partial charge in [-0.25, -0.2) is 12.7 Å². The predicted molar refractivity (Wildman–Crippen MR) is 54.0 cm³/mol. The molecule has 0 spiro atoms. The summed E-state index contributed by atoms with van der Waals surface area (Å²) in [6.45, 7) is 1.90. The summed E-state index contributed by atoms with van der Waals surface area (Å²) in [6.07, 6.45) is 0.877. The van der Waals surface area contributed by atoms with E-state index < -0.39 is 10.0 Å². The molecular weight excluding hydrogens is 190 g/mol. The van der Waals surface area contributed by atoms with E-state index in [-0.39, 0.29) is 5.75 Å². The first-order valence-corrected chi connectivity index (χ1v) is 5.92. The molecule has 3 N–H and O–H groups in total. The Morgan fingerprint density at radius 2 is 1.92 bits per heavy atom. The van der Waals surface area contributed by atoms with E-state index in [0.717, 1.165) is 13.0 Å². The van der Waals surface area contributed by atoms with Crippen LogP contribution in [0.5, 0.6) is 0 Å². The van der Waals surface area contributed by atoms with Gasteiger partial charge in [0.2, 0.25) is 10.0 Å². The van der Waals surface area contributed by atoms with Gasteiger partial charge in [0.25, 0.3) is 0 Å². The number of nitrogens with zero attached hydrogens (tertiary/aromatic N) is 1. The number of rotatable bonds is 7. The molecule has 0 saturated heterocycles. The lowest BCUT2D eigenvalue weighted by molar-refractivity contribution is 0.517. The van der Waals surface area contributed by atoms with Crippen LogP contribution in [0.15, 0.2) is 0 Å². The van der Waals surface area contributed by atoms with E-state index in [1.54, 1.807) is 0 Å².